The summed E-state index contributed by atoms with van der Waals surface area (Å²) in [7, 11) is 0. The lowest BCUT2D eigenvalue weighted by Gasteiger charge is -2.27. The van der Waals surface area contributed by atoms with Crippen molar-refractivity contribution >= 4 is 62.3 Å². The average Bonchev–Trinajstić information content (AvgIpc) is 2.30. The van der Waals surface area contributed by atoms with Gasteiger partial charge in [0, 0.05) is 16.6 Å². The molecule has 0 unspecified atom stereocenters. The van der Waals surface area contributed by atoms with Crippen molar-refractivity contribution < 1.29 is 4.79 Å². The fourth-order valence-electron chi connectivity index (χ4n) is 1.37. The molecule has 0 saturated heterocycles. The smallest absolute Gasteiger partial charge is 0.228 e. The topological polar surface area (TPSA) is 41.1 Å². The summed E-state index contributed by atoms with van der Waals surface area (Å²) in [6.07, 6.45) is 0.327. The Morgan fingerprint density at radius 3 is 2.37 bits per heavy atom. The van der Waals surface area contributed by atoms with Crippen molar-refractivity contribution in [1.82, 2.24) is 5.32 Å². The fourth-order valence-corrected chi connectivity index (χ4v) is 1.96. The maximum Gasteiger partial charge on any atom is 0.228 e. The van der Waals surface area contributed by atoms with Crippen LogP contribution in [-0.2, 0) is 4.79 Å². The lowest BCUT2D eigenvalue weighted by atomic mass is 10.3. The van der Waals surface area contributed by atoms with E-state index < -0.39 is 9.96 Å². The molecule has 1 aromatic rings. The largest absolute Gasteiger partial charge is 0.362 e. The minimum atomic E-state index is -1.64. The van der Waals surface area contributed by atoms with Gasteiger partial charge in [0.1, 0.15) is 6.17 Å². The summed E-state index contributed by atoms with van der Waals surface area (Å²) in [6, 6.07) is 7.34. The van der Waals surface area contributed by atoms with Gasteiger partial charge in [-0.15, -0.1) is 0 Å². The molecule has 1 atom stereocenters. The number of hydrogen-bond donors (Lipinski definition) is 2. The van der Waals surface area contributed by atoms with Gasteiger partial charge < -0.3 is 10.6 Å². The molecule has 0 spiro atoms. The zero-order valence-corrected chi connectivity index (χ0v) is 14.1. The van der Waals surface area contributed by atoms with Crippen LogP contribution in [-0.4, -0.2) is 15.9 Å². The maximum absolute atomic E-state index is 11.6. The number of nitrogens with one attached hydrogen (secondary N) is 2. The third-order valence-electron chi connectivity index (χ3n) is 2.26. The van der Waals surface area contributed by atoms with Gasteiger partial charge in [-0.05, 0) is 30.7 Å². The Morgan fingerprint density at radius 1 is 1.32 bits per heavy atom. The summed E-state index contributed by atoms with van der Waals surface area (Å²) >= 11 is 20.9. The Hall–Kier alpha value is -0.160. The molecule has 0 aliphatic heterocycles. The number of anilines is 1. The summed E-state index contributed by atoms with van der Waals surface area (Å²) in [4.78, 5) is 11.6. The number of amides is 1. The van der Waals surface area contributed by atoms with Crippen LogP contribution in [0.1, 0.15) is 19.8 Å². The minimum absolute atomic E-state index is 0.163. The SMILES string of the molecule is CCCC(=O)N[C@H](Nc1ccc(Br)cc1)C(Cl)(Cl)Cl. The van der Waals surface area contributed by atoms with Crippen LogP contribution in [0.25, 0.3) is 0 Å². The highest BCUT2D eigenvalue weighted by Gasteiger charge is 2.33. The lowest BCUT2D eigenvalue weighted by Crippen LogP contribution is -2.49. The zero-order valence-electron chi connectivity index (χ0n) is 10.2. The Kier molecular flexibility index (Phi) is 6.74. The van der Waals surface area contributed by atoms with E-state index in [0.717, 1.165) is 16.6 Å². The van der Waals surface area contributed by atoms with Gasteiger partial charge in [-0.3, -0.25) is 4.79 Å². The number of hydrogen-bond acceptors (Lipinski definition) is 2. The fraction of sp³-hybridized carbons (Fsp3) is 0.417. The number of carbonyl (C=O) groups is 1. The van der Waals surface area contributed by atoms with Crippen molar-refractivity contribution in [2.45, 2.75) is 29.7 Å². The number of carbonyl (C=O) groups excluding carboxylic acids is 1. The molecule has 1 aromatic carbocycles. The molecule has 3 nitrogen and oxygen atoms in total. The number of rotatable bonds is 5. The molecule has 1 rings (SSSR count). The summed E-state index contributed by atoms with van der Waals surface area (Å²) < 4.78 is -0.699. The van der Waals surface area contributed by atoms with E-state index in [0.29, 0.717) is 6.42 Å². The van der Waals surface area contributed by atoms with Gasteiger partial charge in [-0.1, -0.05) is 57.7 Å². The van der Waals surface area contributed by atoms with Crippen molar-refractivity contribution in [3.05, 3.63) is 28.7 Å². The second-order valence-corrected chi connectivity index (χ2v) is 7.23. The van der Waals surface area contributed by atoms with E-state index in [2.05, 4.69) is 26.6 Å². The predicted molar refractivity (Wildman–Crippen MR) is 84.9 cm³/mol. The molecule has 19 heavy (non-hydrogen) atoms. The second kappa shape index (κ2) is 7.58. The van der Waals surface area contributed by atoms with Crippen LogP contribution in [0, 0.1) is 0 Å². The van der Waals surface area contributed by atoms with E-state index in [1.807, 2.05) is 31.2 Å². The van der Waals surface area contributed by atoms with Crippen LogP contribution in [0.4, 0.5) is 5.69 Å². The number of halogens is 4. The lowest BCUT2D eigenvalue weighted by molar-refractivity contribution is -0.121. The van der Waals surface area contributed by atoms with Gasteiger partial charge >= 0.3 is 0 Å². The van der Waals surface area contributed by atoms with Gasteiger partial charge in [0.05, 0.1) is 0 Å². The molecular weight excluding hydrogens is 374 g/mol. The average molecular weight is 389 g/mol. The van der Waals surface area contributed by atoms with Crippen LogP contribution < -0.4 is 10.6 Å². The quantitative estimate of drug-likeness (QED) is 0.577. The second-order valence-electron chi connectivity index (χ2n) is 3.94. The minimum Gasteiger partial charge on any atom is -0.362 e. The first kappa shape index (κ1) is 16.9. The van der Waals surface area contributed by atoms with E-state index in [1.54, 1.807) is 0 Å². The normalized spacial score (nSPS) is 12.9. The molecule has 0 bridgehead atoms. The molecule has 7 heteroatoms. The molecule has 0 aliphatic carbocycles. The maximum atomic E-state index is 11.6. The summed E-state index contributed by atoms with van der Waals surface area (Å²) in [5, 5.41) is 5.65. The zero-order chi connectivity index (χ0) is 14.5. The van der Waals surface area contributed by atoms with Gasteiger partial charge in [0.25, 0.3) is 0 Å². The van der Waals surface area contributed by atoms with Gasteiger partial charge in [0.2, 0.25) is 9.70 Å². The summed E-state index contributed by atoms with van der Waals surface area (Å²) in [5.41, 5.74) is 0.747. The van der Waals surface area contributed by atoms with Gasteiger partial charge in [-0.25, -0.2) is 0 Å². The van der Waals surface area contributed by atoms with Gasteiger partial charge in [0.15, 0.2) is 0 Å². The molecule has 0 aliphatic rings. The predicted octanol–water partition coefficient (Wildman–Crippen LogP) is 4.47. The molecular formula is C12H14BrCl3N2O. The third-order valence-corrected chi connectivity index (χ3v) is 3.45. The monoisotopic (exact) mass is 386 g/mol. The first-order valence-corrected chi connectivity index (χ1v) is 7.63. The molecule has 2 N–H and O–H groups in total. The molecule has 0 heterocycles. The van der Waals surface area contributed by atoms with Crippen LogP contribution in [0.5, 0.6) is 0 Å². The Labute approximate surface area is 136 Å². The van der Waals surface area contributed by atoms with Crippen LogP contribution in [0.2, 0.25) is 0 Å². The van der Waals surface area contributed by atoms with E-state index in [4.69, 9.17) is 34.8 Å². The first-order chi connectivity index (χ1) is 8.82. The Morgan fingerprint density at radius 2 is 1.89 bits per heavy atom. The summed E-state index contributed by atoms with van der Waals surface area (Å²) in [6.45, 7) is 1.91. The molecule has 0 radical (unpaired) electrons. The number of benzene rings is 1. The number of alkyl halides is 3. The highest BCUT2D eigenvalue weighted by molar-refractivity contribution is 9.10. The van der Waals surface area contributed by atoms with Crippen molar-refractivity contribution in [2.75, 3.05) is 5.32 Å². The molecule has 0 saturated carbocycles. The molecule has 0 aromatic heterocycles. The highest BCUT2D eigenvalue weighted by Crippen LogP contribution is 2.31. The highest BCUT2D eigenvalue weighted by atomic mass is 79.9. The van der Waals surface area contributed by atoms with E-state index >= 15 is 0 Å². The molecule has 1 amide bonds. The van der Waals surface area contributed by atoms with Crippen LogP contribution in [0.15, 0.2) is 28.7 Å². The molecule has 106 valence electrons. The van der Waals surface area contributed by atoms with Crippen molar-refractivity contribution in [3.63, 3.8) is 0 Å². The standard InChI is InChI=1S/C12H14BrCl3N2O/c1-2-3-10(19)18-11(12(14,15)16)17-9-6-4-8(13)5-7-9/h4-7,11,17H,2-3H2,1H3,(H,18,19)/t11-/m0/s1. The Bertz CT molecular complexity index is 420. The van der Waals surface area contributed by atoms with Crippen LogP contribution >= 0.6 is 50.7 Å². The van der Waals surface area contributed by atoms with E-state index in [-0.39, 0.29) is 5.91 Å². The van der Waals surface area contributed by atoms with Crippen molar-refractivity contribution in [1.29, 1.82) is 0 Å². The van der Waals surface area contributed by atoms with E-state index in [1.165, 1.54) is 0 Å². The molecule has 0 fully saturated rings. The summed E-state index contributed by atoms with van der Waals surface area (Å²) in [5.74, 6) is -0.163. The van der Waals surface area contributed by atoms with Gasteiger partial charge in [-0.2, -0.15) is 0 Å². The van der Waals surface area contributed by atoms with E-state index in [9.17, 15) is 4.79 Å². The Balaban J connectivity index is 2.75. The van der Waals surface area contributed by atoms with Crippen molar-refractivity contribution in [3.8, 4) is 0 Å². The van der Waals surface area contributed by atoms with Crippen molar-refractivity contribution in [2.24, 2.45) is 0 Å². The first-order valence-electron chi connectivity index (χ1n) is 5.71. The van der Waals surface area contributed by atoms with Crippen LogP contribution in [0.3, 0.4) is 0 Å². The third kappa shape index (κ3) is 6.21.